The van der Waals surface area contributed by atoms with Crippen LogP contribution < -0.4 is 36.1 Å². The minimum absolute atomic E-state index is 0.184. The van der Waals surface area contributed by atoms with E-state index >= 15 is 0 Å². The van der Waals surface area contributed by atoms with Crippen molar-refractivity contribution in [2.75, 3.05) is 42.7 Å². The van der Waals surface area contributed by atoms with Crippen molar-refractivity contribution >= 4 is 79.3 Å². The Kier molecular flexibility index (Phi) is 19.0. The zero-order valence-electron chi connectivity index (χ0n) is 38.0. The molecule has 0 bridgehead atoms. The summed E-state index contributed by atoms with van der Waals surface area (Å²) in [5, 5.41) is 24.9. The van der Waals surface area contributed by atoms with Crippen LogP contribution in [0.1, 0.15) is 69.6 Å². The molecule has 0 aliphatic rings. The maximum atomic E-state index is 13.2. The maximum absolute atomic E-state index is 13.2. The quantitative estimate of drug-likeness (QED) is 0.0283. The summed E-state index contributed by atoms with van der Waals surface area (Å²) in [6.07, 6.45) is 8.99. The fraction of sp³-hybridized carbons (Fsp3) is 0.340. The molecular formula is C50H65N9O4+2. The Morgan fingerprint density at radius 1 is 0.810 bits per heavy atom. The second-order valence-electron chi connectivity index (χ2n) is 16.6. The number of aromatic nitrogens is 4. The number of para-hydroxylation sites is 2. The van der Waals surface area contributed by atoms with Crippen molar-refractivity contribution < 1.29 is 28.6 Å². The molecule has 7 aromatic rings. The molecule has 0 fully saturated rings. The highest BCUT2D eigenvalue weighted by Gasteiger charge is 2.16. The highest BCUT2D eigenvalue weighted by Crippen LogP contribution is 2.29. The van der Waals surface area contributed by atoms with Crippen LogP contribution in [-0.4, -0.2) is 66.0 Å². The lowest BCUT2D eigenvalue weighted by Crippen LogP contribution is -2.32. The zero-order valence-corrected chi connectivity index (χ0v) is 38.0. The number of hydrogen-bond acceptors (Lipinski definition) is 9. The fourth-order valence-electron chi connectivity index (χ4n) is 6.64. The highest BCUT2D eigenvalue weighted by molar-refractivity contribution is 6.10. The summed E-state index contributed by atoms with van der Waals surface area (Å²) in [6, 6.07) is 29.9. The summed E-state index contributed by atoms with van der Waals surface area (Å²) >= 11 is 0. The molecule has 13 nitrogen and oxygen atoms in total. The number of fused-ring (bicyclic) bond motifs is 5. The first-order valence-corrected chi connectivity index (χ1v) is 21.4. The van der Waals surface area contributed by atoms with Crippen LogP contribution in [0.2, 0.25) is 0 Å². The van der Waals surface area contributed by atoms with Gasteiger partial charge in [0, 0.05) is 70.2 Å². The summed E-state index contributed by atoms with van der Waals surface area (Å²) in [4.78, 5) is 42.7. The number of hydrogen-bond donors (Lipinski definition) is 6. The molecule has 0 spiro atoms. The Morgan fingerprint density at radius 3 is 1.97 bits per heavy atom. The van der Waals surface area contributed by atoms with Gasteiger partial charge < -0.3 is 36.9 Å². The van der Waals surface area contributed by atoms with E-state index in [-0.39, 0.29) is 18.1 Å². The fourth-order valence-corrected chi connectivity index (χ4v) is 6.64. The molecule has 0 saturated carbocycles. The lowest BCUT2D eigenvalue weighted by Gasteiger charge is -2.15. The molecule has 4 heterocycles. The van der Waals surface area contributed by atoms with Crippen molar-refractivity contribution in [1.82, 2.24) is 15.3 Å². The van der Waals surface area contributed by atoms with Gasteiger partial charge in [0.15, 0.2) is 12.4 Å². The number of aryl methyl sites for hydroxylation is 3. The molecule has 7 N–H and O–H groups in total. The number of nitrogens with one attached hydrogen (secondary N) is 4. The summed E-state index contributed by atoms with van der Waals surface area (Å²) in [5.74, 6) is 0.280. The predicted molar refractivity (Wildman–Crippen MR) is 257 cm³/mol. The summed E-state index contributed by atoms with van der Waals surface area (Å²) in [7, 11) is 5.90. The first-order valence-electron chi connectivity index (χ1n) is 21.4. The maximum Gasteiger partial charge on any atom is 0.274 e. The lowest BCUT2D eigenvalue weighted by molar-refractivity contribution is -0.644. The molecule has 13 heteroatoms. The monoisotopic (exact) mass is 856 g/mol. The summed E-state index contributed by atoms with van der Waals surface area (Å²) in [6.45, 7) is 11.9. The number of aliphatic hydroxyl groups is 1. The summed E-state index contributed by atoms with van der Waals surface area (Å²) < 4.78 is 3.99. The SMILES string of the molecule is CC(C)(N)CCO.CC(C)CC=O.CNCCCCNc1cc(C)nc2c1ccc1ccc(C(=O)Nc3cc4ccccc4[n+](C)c3)nc12.C[n+]1cc(NC=O)cc2ccccc21. The minimum atomic E-state index is -0.250. The number of carbonyl (C=O) groups is 3. The molecule has 4 aromatic heterocycles. The standard InChI is InChI=1S/C29H30N6O.C11H10N2O.C5H13NO.C5H10O/c1-19-16-25(31-15-7-6-14-30-2)23-12-10-20-11-13-24(34-27(20)28(23)32-19)29(36)33-22-17-21-8-4-5-9-26(21)35(3)18-22;1-13-7-10(12-8-14)6-9-4-2-3-5-11(9)13;1-5(2,6)3-4-7;1-5(2)3-4-6/h4-5,8-13,16-18,30H,6-7,14-15H2,1-3H3,(H-,31,32,33,36);2-8H,1H3;7H,3-4,6H2,1-2H3;4-5H,3H2,1-2H3/p+2. The number of carbonyl (C=O) groups excluding carboxylic acids is 3. The molecular weight excluding hydrogens is 791 g/mol. The van der Waals surface area contributed by atoms with E-state index in [4.69, 9.17) is 20.8 Å². The van der Waals surface area contributed by atoms with Gasteiger partial charge >= 0.3 is 0 Å². The molecule has 0 aliphatic carbocycles. The van der Waals surface area contributed by atoms with Crippen molar-refractivity contribution in [2.45, 2.75) is 65.8 Å². The number of pyridine rings is 4. The van der Waals surface area contributed by atoms with Gasteiger partial charge in [-0.3, -0.25) is 14.6 Å². The van der Waals surface area contributed by atoms with Gasteiger partial charge in [-0.05, 0) is 102 Å². The number of anilines is 3. The molecule has 0 aliphatic heterocycles. The lowest BCUT2D eigenvalue weighted by atomic mass is 10.0. The van der Waals surface area contributed by atoms with Crippen LogP contribution in [0.3, 0.4) is 0 Å². The molecule has 3 aromatic carbocycles. The third-order valence-electron chi connectivity index (χ3n) is 9.90. The minimum Gasteiger partial charge on any atom is -0.396 e. The van der Waals surface area contributed by atoms with Crippen molar-refractivity contribution in [3.63, 3.8) is 0 Å². The molecule has 0 radical (unpaired) electrons. The van der Waals surface area contributed by atoms with E-state index in [1.54, 1.807) is 6.07 Å². The number of nitrogens with two attached hydrogens (primary N) is 1. The Hall–Kier alpha value is -6.41. The predicted octanol–water partition coefficient (Wildman–Crippen LogP) is 7.30. The van der Waals surface area contributed by atoms with E-state index in [1.807, 2.05) is 144 Å². The Labute approximate surface area is 371 Å². The van der Waals surface area contributed by atoms with Crippen LogP contribution in [0.15, 0.2) is 103 Å². The van der Waals surface area contributed by atoms with E-state index in [0.717, 1.165) is 98.6 Å². The van der Waals surface area contributed by atoms with Gasteiger partial charge in [0.05, 0.1) is 11.0 Å². The van der Waals surface area contributed by atoms with Gasteiger partial charge in [-0.2, -0.15) is 9.13 Å². The largest absolute Gasteiger partial charge is 0.396 e. The molecule has 0 unspecified atom stereocenters. The van der Waals surface area contributed by atoms with Gasteiger partial charge in [-0.1, -0.05) is 50.2 Å². The molecule has 2 amide bonds. The van der Waals surface area contributed by atoms with Crippen LogP contribution in [0.25, 0.3) is 43.6 Å². The highest BCUT2D eigenvalue weighted by atomic mass is 16.3. The number of aldehydes is 1. The van der Waals surface area contributed by atoms with E-state index in [0.29, 0.717) is 30.9 Å². The smallest absolute Gasteiger partial charge is 0.274 e. The second kappa shape index (κ2) is 24.3. The number of unbranched alkanes of at least 4 members (excludes halogenated alkanes) is 1. The van der Waals surface area contributed by atoms with Crippen LogP contribution in [0, 0.1) is 12.8 Å². The number of amides is 2. The van der Waals surface area contributed by atoms with Crippen molar-refractivity contribution in [1.29, 1.82) is 0 Å². The van der Waals surface area contributed by atoms with E-state index in [9.17, 15) is 14.4 Å². The third-order valence-corrected chi connectivity index (χ3v) is 9.90. The average Bonchev–Trinajstić information content (AvgIpc) is 3.24. The van der Waals surface area contributed by atoms with Crippen molar-refractivity contribution in [2.24, 2.45) is 25.7 Å². The molecule has 332 valence electrons. The van der Waals surface area contributed by atoms with Crippen LogP contribution >= 0.6 is 0 Å². The van der Waals surface area contributed by atoms with Gasteiger partial charge in [-0.25, -0.2) is 4.98 Å². The number of benzene rings is 3. The molecule has 0 atom stereocenters. The summed E-state index contributed by atoms with van der Waals surface area (Å²) in [5.41, 5.74) is 12.9. The van der Waals surface area contributed by atoms with Crippen LogP contribution in [0.4, 0.5) is 17.1 Å². The Balaban J connectivity index is 0.000000262. The average molecular weight is 856 g/mol. The molecule has 0 saturated heterocycles. The van der Waals surface area contributed by atoms with Crippen LogP contribution in [-0.2, 0) is 23.7 Å². The Bertz CT molecular complexity index is 2610. The van der Waals surface area contributed by atoms with Gasteiger partial charge in [0.25, 0.3) is 5.91 Å². The topological polar surface area (TPSA) is 179 Å². The van der Waals surface area contributed by atoms with Crippen LogP contribution in [0.5, 0.6) is 0 Å². The van der Waals surface area contributed by atoms with Crippen molar-refractivity contribution in [3.8, 4) is 0 Å². The number of aliphatic hydroxyl groups excluding tert-OH is 1. The number of rotatable bonds is 14. The second-order valence-corrected chi connectivity index (χ2v) is 16.6. The first-order chi connectivity index (χ1) is 30.2. The van der Waals surface area contributed by atoms with E-state index in [2.05, 4.69) is 39.5 Å². The Morgan fingerprint density at radius 2 is 1.41 bits per heavy atom. The van der Waals surface area contributed by atoms with Gasteiger partial charge in [0.1, 0.15) is 37.5 Å². The molecule has 63 heavy (non-hydrogen) atoms. The van der Waals surface area contributed by atoms with Crippen molar-refractivity contribution in [3.05, 3.63) is 115 Å². The van der Waals surface area contributed by atoms with Gasteiger partial charge in [0.2, 0.25) is 17.4 Å². The van der Waals surface area contributed by atoms with E-state index < -0.39 is 0 Å². The zero-order chi connectivity index (χ0) is 45.9. The molecule has 7 rings (SSSR count). The van der Waals surface area contributed by atoms with Gasteiger partial charge in [-0.15, -0.1) is 0 Å². The third kappa shape index (κ3) is 15.2. The number of nitrogens with zero attached hydrogens (tertiary/aromatic N) is 4. The normalized spacial score (nSPS) is 10.9. The van der Waals surface area contributed by atoms with E-state index in [1.165, 1.54) is 0 Å². The first kappa shape index (κ1) is 49.2.